The Balaban J connectivity index is 2.09. The number of hydrogen-bond donors (Lipinski definition) is 2. The molecule has 0 fully saturated rings. The van der Waals surface area contributed by atoms with Crippen LogP contribution >= 0.6 is 0 Å². The predicted molar refractivity (Wildman–Crippen MR) is 40.0 cm³/mol. The summed E-state index contributed by atoms with van der Waals surface area (Å²) >= 11 is 0. The second kappa shape index (κ2) is 4.43. The van der Waals surface area contributed by atoms with E-state index in [1.54, 1.807) is 12.5 Å². The monoisotopic (exact) mass is 153 g/mol. The van der Waals surface area contributed by atoms with Crippen LogP contribution in [0.3, 0.4) is 0 Å². The summed E-state index contributed by atoms with van der Waals surface area (Å²) in [5.41, 5.74) is 9.02. The molecular formula is C6H11N5. The highest BCUT2D eigenvalue weighted by Gasteiger charge is 1.88. The first-order valence-corrected chi connectivity index (χ1v) is 3.48. The molecule has 1 rings (SSSR count). The van der Waals surface area contributed by atoms with Crippen LogP contribution in [0.5, 0.6) is 0 Å². The lowest BCUT2D eigenvalue weighted by Gasteiger charge is -1.99. The Morgan fingerprint density at radius 3 is 3.18 bits per heavy atom. The fourth-order valence-electron chi connectivity index (χ4n) is 0.816. The summed E-state index contributed by atoms with van der Waals surface area (Å²) in [7, 11) is 0. The first-order chi connectivity index (χ1) is 5.43. The predicted octanol–water partition coefficient (Wildman–Crippen LogP) is 0.809. The van der Waals surface area contributed by atoms with Crippen molar-refractivity contribution in [3.63, 3.8) is 0 Å². The Kier molecular flexibility index (Phi) is 3.11. The third-order valence-electron chi connectivity index (χ3n) is 1.34. The van der Waals surface area contributed by atoms with Gasteiger partial charge in [-0.25, -0.2) is 4.98 Å². The van der Waals surface area contributed by atoms with Crippen LogP contribution in [0.25, 0.3) is 0 Å². The van der Waals surface area contributed by atoms with Gasteiger partial charge in [0.1, 0.15) is 0 Å². The standard InChI is InChI=1S/C6H11N5/c7-10-9-2-1-4-11-5-3-8-6-11/h3,5-6H,1-2,4H2,(H2,7,9). The van der Waals surface area contributed by atoms with Gasteiger partial charge in [-0.1, -0.05) is 5.22 Å². The minimum absolute atomic E-state index is 0.738. The van der Waals surface area contributed by atoms with Crippen molar-refractivity contribution < 1.29 is 0 Å². The Hall–Kier alpha value is -1.39. The maximum Gasteiger partial charge on any atom is 0.0945 e. The van der Waals surface area contributed by atoms with Gasteiger partial charge in [-0.3, -0.25) is 5.43 Å². The summed E-state index contributed by atoms with van der Waals surface area (Å²) in [4.78, 5) is 3.90. The van der Waals surface area contributed by atoms with Gasteiger partial charge >= 0.3 is 0 Å². The Morgan fingerprint density at radius 2 is 2.55 bits per heavy atom. The third kappa shape index (κ3) is 2.79. The van der Waals surface area contributed by atoms with Crippen molar-refractivity contribution in [1.29, 1.82) is 5.53 Å². The molecule has 60 valence electrons. The molecule has 0 aliphatic heterocycles. The molecule has 0 amide bonds. The molecule has 0 aliphatic rings. The lowest BCUT2D eigenvalue weighted by Crippen LogP contribution is -2.08. The average molecular weight is 153 g/mol. The van der Waals surface area contributed by atoms with E-state index in [1.807, 2.05) is 10.8 Å². The number of aromatic nitrogens is 2. The van der Waals surface area contributed by atoms with E-state index in [0.29, 0.717) is 0 Å². The molecule has 0 aliphatic carbocycles. The summed E-state index contributed by atoms with van der Waals surface area (Å²) in [6, 6.07) is 0. The van der Waals surface area contributed by atoms with E-state index < -0.39 is 0 Å². The largest absolute Gasteiger partial charge is 0.337 e. The van der Waals surface area contributed by atoms with Gasteiger partial charge in [0.2, 0.25) is 0 Å². The molecule has 1 aromatic rings. The van der Waals surface area contributed by atoms with Crippen LogP contribution in [0, 0.1) is 5.53 Å². The third-order valence-corrected chi connectivity index (χ3v) is 1.34. The van der Waals surface area contributed by atoms with Crippen LogP contribution in [0.4, 0.5) is 0 Å². The first-order valence-electron chi connectivity index (χ1n) is 3.48. The molecule has 1 heterocycles. The van der Waals surface area contributed by atoms with Crippen LogP contribution in [0.15, 0.2) is 23.9 Å². The molecule has 1 aromatic heterocycles. The van der Waals surface area contributed by atoms with E-state index in [1.165, 1.54) is 0 Å². The van der Waals surface area contributed by atoms with Gasteiger partial charge < -0.3 is 4.57 Å². The number of imidazole rings is 1. The van der Waals surface area contributed by atoms with E-state index in [-0.39, 0.29) is 0 Å². The molecule has 0 saturated heterocycles. The maximum absolute atomic E-state index is 6.45. The minimum atomic E-state index is 0.738. The zero-order chi connectivity index (χ0) is 7.94. The molecule has 11 heavy (non-hydrogen) atoms. The second-order valence-corrected chi connectivity index (χ2v) is 2.17. The topological polar surface area (TPSA) is 66.1 Å². The van der Waals surface area contributed by atoms with Crippen molar-refractivity contribution in [3.8, 4) is 0 Å². The number of hydrogen-bond acceptors (Lipinski definition) is 3. The molecule has 0 radical (unpaired) electrons. The molecule has 0 spiro atoms. The number of nitrogens with one attached hydrogen (secondary N) is 2. The van der Waals surface area contributed by atoms with E-state index in [9.17, 15) is 0 Å². The Labute approximate surface area is 64.9 Å². The molecule has 0 bridgehead atoms. The van der Waals surface area contributed by atoms with E-state index >= 15 is 0 Å². The molecule has 0 atom stereocenters. The SMILES string of the molecule is N=NNCCCn1ccnc1. The quantitative estimate of drug-likeness (QED) is 0.373. The van der Waals surface area contributed by atoms with E-state index in [4.69, 9.17) is 5.53 Å². The summed E-state index contributed by atoms with van der Waals surface area (Å²) in [5.74, 6) is 0. The van der Waals surface area contributed by atoms with Crippen LogP contribution in [0.1, 0.15) is 6.42 Å². The van der Waals surface area contributed by atoms with Gasteiger partial charge in [-0.2, -0.15) is 5.53 Å². The molecule has 5 nitrogen and oxygen atoms in total. The molecule has 5 heteroatoms. The van der Waals surface area contributed by atoms with E-state index in [2.05, 4.69) is 15.6 Å². The highest BCUT2D eigenvalue weighted by molar-refractivity contribution is 4.73. The molecular weight excluding hydrogens is 142 g/mol. The summed E-state index contributed by atoms with van der Waals surface area (Å²) in [6.07, 6.45) is 6.40. The van der Waals surface area contributed by atoms with Gasteiger partial charge in [0.25, 0.3) is 0 Å². The maximum atomic E-state index is 6.45. The zero-order valence-electron chi connectivity index (χ0n) is 6.20. The summed E-state index contributed by atoms with van der Waals surface area (Å²) in [6.45, 7) is 1.66. The first kappa shape index (κ1) is 7.71. The number of nitrogens with zero attached hydrogens (tertiary/aromatic N) is 3. The Bertz CT molecular complexity index is 193. The lowest BCUT2D eigenvalue weighted by molar-refractivity contribution is 0.575. The fourth-order valence-corrected chi connectivity index (χ4v) is 0.816. The van der Waals surface area contributed by atoms with Crippen LogP contribution < -0.4 is 5.43 Å². The molecule has 0 saturated carbocycles. The van der Waals surface area contributed by atoms with Crippen molar-refractivity contribution in [1.82, 2.24) is 15.0 Å². The van der Waals surface area contributed by atoms with Gasteiger partial charge in [-0.05, 0) is 6.42 Å². The Morgan fingerprint density at radius 1 is 1.64 bits per heavy atom. The smallest absolute Gasteiger partial charge is 0.0945 e. The van der Waals surface area contributed by atoms with Gasteiger partial charge in [-0.15, -0.1) is 0 Å². The summed E-state index contributed by atoms with van der Waals surface area (Å²) < 4.78 is 1.99. The van der Waals surface area contributed by atoms with Crippen molar-refractivity contribution in [2.24, 2.45) is 5.22 Å². The van der Waals surface area contributed by atoms with Crippen molar-refractivity contribution in [2.75, 3.05) is 6.54 Å². The second-order valence-electron chi connectivity index (χ2n) is 2.17. The molecule has 0 unspecified atom stereocenters. The highest BCUT2D eigenvalue weighted by Crippen LogP contribution is 1.88. The van der Waals surface area contributed by atoms with Gasteiger partial charge in [0.15, 0.2) is 0 Å². The van der Waals surface area contributed by atoms with Crippen molar-refractivity contribution >= 4 is 0 Å². The van der Waals surface area contributed by atoms with Crippen LogP contribution in [0.2, 0.25) is 0 Å². The van der Waals surface area contributed by atoms with Gasteiger partial charge in [0.05, 0.1) is 6.33 Å². The highest BCUT2D eigenvalue weighted by atomic mass is 15.4. The summed E-state index contributed by atoms with van der Waals surface area (Å²) in [5, 5.41) is 3.03. The van der Waals surface area contributed by atoms with Crippen molar-refractivity contribution in [2.45, 2.75) is 13.0 Å². The average Bonchev–Trinajstić information content (AvgIpc) is 2.50. The number of rotatable bonds is 5. The van der Waals surface area contributed by atoms with Gasteiger partial charge in [0, 0.05) is 25.5 Å². The fraction of sp³-hybridized carbons (Fsp3) is 0.500. The van der Waals surface area contributed by atoms with Crippen LogP contribution in [-0.2, 0) is 6.54 Å². The zero-order valence-corrected chi connectivity index (χ0v) is 6.20. The van der Waals surface area contributed by atoms with E-state index in [0.717, 1.165) is 19.5 Å². The molecule has 2 N–H and O–H groups in total. The number of aryl methyl sites for hydroxylation is 1. The van der Waals surface area contributed by atoms with Crippen LogP contribution in [-0.4, -0.2) is 16.1 Å². The lowest BCUT2D eigenvalue weighted by atomic mass is 10.4. The normalized spacial score (nSPS) is 9.45. The molecule has 0 aromatic carbocycles. The minimum Gasteiger partial charge on any atom is -0.337 e. The van der Waals surface area contributed by atoms with Crippen molar-refractivity contribution in [3.05, 3.63) is 18.7 Å².